The molecule has 118 valence electrons. The van der Waals surface area contributed by atoms with Crippen LogP contribution in [0.25, 0.3) is 0 Å². The second-order valence-electron chi connectivity index (χ2n) is 5.77. The van der Waals surface area contributed by atoms with Crippen LogP contribution in [0.2, 0.25) is 0 Å². The third-order valence-electron chi connectivity index (χ3n) is 3.91. The summed E-state index contributed by atoms with van der Waals surface area (Å²) in [6.07, 6.45) is 4.54. The summed E-state index contributed by atoms with van der Waals surface area (Å²) in [7, 11) is 0. The summed E-state index contributed by atoms with van der Waals surface area (Å²) in [4.78, 5) is 2.56. The highest BCUT2D eigenvalue weighted by molar-refractivity contribution is 5.54. The van der Waals surface area contributed by atoms with E-state index in [9.17, 15) is 0 Å². The predicted molar refractivity (Wildman–Crippen MR) is 88.9 cm³/mol. The maximum absolute atomic E-state index is 6.05. The molecular weight excluding hydrogens is 262 g/mol. The van der Waals surface area contributed by atoms with Crippen LogP contribution in [0.15, 0.2) is 18.2 Å². The molecule has 0 spiro atoms. The van der Waals surface area contributed by atoms with Gasteiger partial charge in [-0.2, -0.15) is 0 Å². The average molecular weight is 291 g/mol. The molecule has 0 unspecified atom stereocenters. The lowest BCUT2D eigenvalue weighted by Gasteiger charge is -2.19. The van der Waals surface area contributed by atoms with Gasteiger partial charge in [0.1, 0.15) is 5.75 Å². The molecule has 21 heavy (non-hydrogen) atoms. The predicted octanol–water partition coefficient (Wildman–Crippen LogP) is 2.29. The lowest BCUT2D eigenvalue weighted by Crippen LogP contribution is -2.29. The molecule has 1 saturated heterocycles. The molecule has 0 aliphatic carbocycles. The van der Waals surface area contributed by atoms with Gasteiger partial charge in [-0.1, -0.05) is 13.0 Å². The Kier molecular flexibility index (Phi) is 6.83. The van der Waals surface area contributed by atoms with Crippen molar-refractivity contribution in [3.8, 4) is 5.75 Å². The van der Waals surface area contributed by atoms with Crippen LogP contribution >= 0.6 is 0 Å². The molecule has 1 aromatic carbocycles. The summed E-state index contributed by atoms with van der Waals surface area (Å²) in [5, 5.41) is 3.44. The third kappa shape index (κ3) is 5.56. The fourth-order valence-corrected chi connectivity index (χ4v) is 2.73. The van der Waals surface area contributed by atoms with Crippen molar-refractivity contribution in [2.75, 3.05) is 45.1 Å². The molecular formula is C17H29N3O. The number of nitrogens with zero attached hydrogens (tertiary/aromatic N) is 1. The van der Waals surface area contributed by atoms with Gasteiger partial charge in [0.15, 0.2) is 0 Å². The van der Waals surface area contributed by atoms with Crippen LogP contribution < -0.4 is 15.8 Å². The Labute approximate surface area is 128 Å². The van der Waals surface area contributed by atoms with Crippen LogP contribution in [-0.4, -0.2) is 44.2 Å². The Morgan fingerprint density at radius 2 is 2.19 bits per heavy atom. The summed E-state index contributed by atoms with van der Waals surface area (Å²) in [6, 6.07) is 6.22. The van der Waals surface area contributed by atoms with Crippen molar-refractivity contribution < 1.29 is 4.74 Å². The zero-order valence-corrected chi connectivity index (χ0v) is 13.2. The highest BCUT2D eigenvalue weighted by atomic mass is 16.5. The first kappa shape index (κ1) is 16.1. The van der Waals surface area contributed by atoms with Gasteiger partial charge in [0.25, 0.3) is 0 Å². The fourth-order valence-electron chi connectivity index (χ4n) is 2.73. The van der Waals surface area contributed by atoms with Gasteiger partial charge < -0.3 is 20.7 Å². The van der Waals surface area contributed by atoms with Crippen molar-refractivity contribution in [3.63, 3.8) is 0 Å². The van der Waals surface area contributed by atoms with E-state index in [1.807, 2.05) is 6.07 Å². The van der Waals surface area contributed by atoms with Gasteiger partial charge in [0, 0.05) is 13.1 Å². The Morgan fingerprint density at radius 1 is 1.29 bits per heavy atom. The molecule has 1 aliphatic rings. The second kappa shape index (κ2) is 8.90. The average Bonchev–Trinajstić information content (AvgIpc) is 2.75. The SMILES string of the molecule is CCCOc1ccc(CCCN2CCCNCC2)cc1N. The minimum Gasteiger partial charge on any atom is -0.491 e. The van der Waals surface area contributed by atoms with Gasteiger partial charge >= 0.3 is 0 Å². The molecule has 0 bridgehead atoms. The molecule has 4 nitrogen and oxygen atoms in total. The van der Waals surface area contributed by atoms with Crippen molar-refractivity contribution in [2.45, 2.75) is 32.6 Å². The molecule has 4 heteroatoms. The van der Waals surface area contributed by atoms with E-state index in [-0.39, 0.29) is 0 Å². The number of aryl methyl sites for hydroxylation is 1. The second-order valence-corrected chi connectivity index (χ2v) is 5.77. The molecule has 0 radical (unpaired) electrons. The minimum atomic E-state index is 0.729. The van der Waals surface area contributed by atoms with Crippen molar-refractivity contribution in [2.24, 2.45) is 0 Å². The maximum Gasteiger partial charge on any atom is 0.142 e. The molecule has 1 heterocycles. The van der Waals surface area contributed by atoms with E-state index in [4.69, 9.17) is 10.5 Å². The topological polar surface area (TPSA) is 50.5 Å². The molecule has 1 aliphatic heterocycles. The van der Waals surface area contributed by atoms with Crippen molar-refractivity contribution in [3.05, 3.63) is 23.8 Å². The number of ether oxygens (including phenoxy) is 1. The number of anilines is 1. The summed E-state index contributed by atoms with van der Waals surface area (Å²) < 4.78 is 5.61. The summed E-state index contributed by atoms with van der Waals surface area (Å²) in [5.41, 5.74) is 8.13. The van der Waals surface area contributed by atoms with Crippen LogP contribution in [0.5, 0.6) is 5.75 Å². The lowest BCUT2D eigenvalue weighted by molar-refractivity contribution is 0.289. The molecule has 0 atom stereocenters. The summed E-state index contributed by atoms with van der Waals surface area (Å²) in [6.45, 7) is 8.68. The van der Waals surface area contributed by atoms with Gasteiger partial charge in [0.05, 0.1) is 12.3 Å². The number of nitrogen functional groups attached to an aromatic ring is 1. The zero-order valence-electron chi connectivity index (χ0n) is 13.2. The van der Waals surface area contributed by atoms with Gasteiger partial charge in [-0.05, 0) is 63.0 Å². The number of nitrogens with one attached hydrogen (secondary N) is 1. The van der Waals surface area contributed by atoms with E-state index < -0.39 is 0 Å². The number of hydrogen-bond acceptors (Lipinski definition) is 4. The molecule has 3 N–H and O–H groups in total. The van der Waals surface area contributed by atoms with Gasteiger partial charge in [-0.15, -0.1) is 0 Å². The molecule has 0 saturated carbocycles. The number of benzene rings is 1. The van der Waals surface area contributed by atoms with Gasteiger partial charge in [-0.3, -0.25) is 0 Å². The normalized spacial score (nSPS) is 16.6. The third-order valence-corrected chi connectivity index (χ3v) is 3.91. The van der Waals surface area contributed by atoms with Crippen molar-refractivity contribution in [1.82, 2.24) is 10.2 Å². The number of rotatable bonds is 7. The smallest absolute Gasteiger partial charge is 0.142 e. The first-order valence-corrected chi connectivity index (χ1v) is 8.24. The van der Waals surface area contributed by atoms with Crippen molar-refractivity contribution in [1.29, 1.82) is 0 Å². The van der Waals surface area contributed by atoms with E-state index in [2.05, 4.69) is 29.3 Å². The largest absolute Gasteiger partial charge is 0.491 e. The fraction of sp³-hybridized carbons (Fsp3) is 0.647. The van der Waals surface area contributed by atoms with Crippen LogP contribution in [-0.2, 0) is 6.42 Å². The molecule has 2 rings (SSSR count). The van der Waals surface area contributed by atoms with E-state index >= 15 is 0 Å². The summed E-state index contributed by atoms with van der Waals surface area (Å²) >= 11 is 0. The van der Waals surface area contributed by atoms with Gasteiger partial charge in [-0.25, -0.2) is 0 Å². The van der Waals surface area contributed by atoms with Crippen LogP contribution in [0, 0.1) is 0 Å². The summed E-state index contributed by atoms with van der Waals surface area (Å²) in [5.74, 6) is 0.819. The van der Waals surface area contributed by atoms with E-state index in [0.29, 0.717) is 0 Å². The Bertz CT molecular complexity index is 414. The Morgan fingerprint density at radius 3 is 3.00 bits per heavy atom. The quantitative estimate of drug-likeness (QED) is 0.757. The minimum absolute atomic E-state index is 0.729. The van der Waals surface area contributed by atoms with E-state index in [0.717, 1.165) is 44.0 Å². The molecule has 0 amide bonds. The van der Waals surface area contributed by atoms with Gasteiger partial charge in [0.2, 0.25) is 0 Å². The van der Waals surface area contributed by atoms with Crippen LogP contribution in [0.4, 0.5) is 5.69 Å². The van der Waals surface area contributed by atoms with Crippen LogP contribution in [0.3, 0.4) is 0 Å². The molecule has 1 aromatic rings. The number of nitrogens with two attached hydrogens (primary N) is 1. The Hall–Kier alpha value is -1.26. The first-order chi connectivity index (χ1) is 10.3. The zero-order chi connectivity index (χ0) is 14.9. The molecule has 0 aromatic heterocycles. The van der Waals surface area contributed by atoms with Crippen LogP contribution in [0.1, 0.15) is 31.7 Å². The highest BCUT2D eigenvalue weighted by Crippen LogP contribution is 2.23. The number of hydrogen-bond donors (Lipinski definition) is 2. The van der Waals surface area contributed by atoms with E-state index in [1.165, 1.54) is 38.0 Å². The van der Waals surface area contributed by atoms with Crippen molar-refractivity contribution >= 4 is 5.69 Å². The molecule has 1 fully saturated rings. The standard InChI is InChI=1S/C17H29N3O/c1-2-13-21-17-7-6-15(14-16(17)18)5-3-10-20-11-4-8-19-9-12-20/h6-7,14,19H,2-5,8-13,18H2,1H3. The Balaban J connectivity index is 1.76. The first-order valence-electron chi connectivity index (χ1n) is 8.24. The lowest BCUT2D eigenvalue weighted by atomic mass is 10.1. The monoisotopic (exact) mass is 291 g/mol. The maximum atomic E-state index is 6.05. The van der Waals surface area contributed by atoms with E-state index in [1.54, 1.807) is 0 Å². The highest BCUT2D eigenvalue weighted by Gasteiger charge is 2.08.